The van der Waals surface area contributed by atoms with Gasteiger partial charge in [-0.05, 0) is 19.9 Å². The third-order valence-electron chi connectivity index (χ3n) is 1.69. The van der Waals surface area contributed by atoms with E-state index in [1.54, 1.807) is 13.8 Å². The Labute approximate surface area is 86.8 Å². The lowest BCUT2D eigenvalue weighted by atomic mass is 10.2. The Bertz CT molecular complexity index is 367. The highest BCUT2D eigenvalue weighted by molar-refractivity contribution is 5.95. The second-order valence-corrected chi connectivity index (χ2v) is 3.29. The molecule has 0 aliphatic carbocycles. The molecule has 0 aromatic carbocycles. The maximum atomic E-state index is 13.5. The van der Waals surface area contributed by atoms with E-state index in [-0.39, 0.29) is 17.4 Å². The summed E-state index contributed by atoms with van der Waals surface area (Å²) in [6.45, 7) is 3.58. The molecule has 1 aromatic heterocycles. The Morgan fingerprint density at radius 3 is 2.80 bits per heavy atom. The number of nitrogens with one attached hydrogen (secondary N) is 2. The van der Waals surface area contributed by atoms with Gasteiger partial charge in [0, 0.05) is 12.2 Å². The van der Waals surface area contributed by atoms with Gasteiger partial charge in [-0.3, -0.25) is 4.79 Å². The molecule has 1 aromatic rings. The molecular formula is C9H13FN4O. The summed E-state index contributed by atoms with van der Waals surface area (Å²) in [6.07, 6.45) is 1.31. The van der Waals surface area contributed by atoms with Crippen molar-refractivity contribution in [2.75, 3.05) is 5.43 Å². The normalized spacial score (nSPS) is 10.2. The SMILES string of the molecule is CC(C)NC(=O)c1ccnc(NN)c1F. The number of halogens is 1. The fraction of sp³-hybridized carbons (Fsp3) is 0.333. The number of hydrogen-bond acceptors (Lipinski definition) is 4. The Morgan fingerprint density at radius 2 is 2.27 bits per heavy atom. The van der Waals surface area contributed by atoms with Gasteiger partial charge in [0.05, 0.1) is 5.56 Å². The first-order chi connectivity index (χ1) is 7.06. The number of nitrogens with two attached hydrogens (primary N) is 1. The fourth-order valence-electron chi connectivity index (χ4n) is 1.06. The molecule has 82 valence electrons. The summed E-state index contributed by atoms with van der Waals surface area (Å²) in [7, 11) is 0. The lowest BCUT2D eigenvalue weighted by Crippen LogP contribution is -2.31. The van der Waals surface area contributed by atoms with Crippen LogP contribution < -0.4 is 16.6 Å². The van der Waals surface area contributed by atoms with Crippen LogP contribution >= 0.6 is 0 Å². The standard InChI is InChI=1S/C9H13FN4O/c1-5(2)13-9(15)6-3-4-12-8(14-11)7(6)10/h3-5H,11H2,1-2H3,(H,12,14)(H,13,15). The van der Waals surface area contributed by atoms with E-state index in [1.807, 2.05) is 0 Å². The molecule has 1 amide bonds. The van der Waals surface area contributed by atoms with E-state index in [9.17, 15) is 9.18 Å². The van der Waals surface area contributed by atoms with Gasteiger partial charge in [-0.15, -0.1) is 0 Å². The van der Waals surface area contributed by atoms with E-state index < -0.39 is 11.7 Å². The Hall–Kier alpha value is -1.69. The zero-order chi connectivity index (χ0) is 11.4. The Morgan fingerprint density at radius 1 is 1.60 bits per heavy atom. The zero-order valence-electron chi connectivity index (χ0n) is 8.54. The smallest absolute Gasteiger partial charge is 0.254 e. The van der Waals surface area contributed by atoms with Crippen LogP contribution in [0.4, 0.5) is 10.2 Å². The van der Waals surface area contributed by atoms with Crippen LogP contribution in [0.1, 0.15) is 24.2 Å². The van der Waals surface area contributed by atoms with E-state index >= 15 is 0 Å². The Balaban J connectivity index is 2.99. The van der Waals surface area contributed by atoms with Crippen LogP contribution in [0.15, 0.2) is 12.3 Å². The molecule has 15 heavy (non-hydrogen) atoms. The van der Waals surface area contributed by atoms with Crippen molar-refractivity contribution >= 4 is 11.7 Å². The maximum absolute atomic E-state index is 13.5. The second kappa shape index (κ2) is 4.70. The summed E-state index contributed by atoms with van der Waals surface area (Å²) in [5.74, 6) is 3.65. The van der Waals surface area contributed by atoms with Crippen LogP contribution in [-0.4, -0.2) is 16.9 Å². The first-order valence-electron chi connectivity index (χ1n) is 4.48. The molecule has 0 saturated carbocycles. The average molecular weight is 212 g/mol. The van der Waals surface area contributed by atoms with E-state index in [0.717, 1.165) is 0 Å². The van der Waals surface area contributed by atoms with Crippen molar-refractivity contribution in [1.82, 2.24) is 10.3 Å². The number of carbonyl (C=O) groups excluding carboxylic acids is 1. The zero-order valence-corrected chi connectivity index (χ0v) is 8.54. The average Bonchev–Trinajstić information content (AvgIpc) is 2.17. The minimum Gasteiger partial charge on any atom is -0.350 e. The molecule has 5 nitrogen and oxygen atoms in total. The van der Waals surface area contributed by atoms with Crippen molar-refractivity contribution in [3.63, 3.8) is 0 Å². The van der Waals surface area contributed by atoms with Crippen LogP contribution in [0.5, 0.6) is 0 Å². The minimum atomic E-state index is -0.752. The monoisotopic (exact) mass is 212 g/mol. The molecule has 0 aliphatic heterocycles. The number of anilines is 1. The van der Waals surface area contributed by atoms with E-state index in [1.165, 1.54) is 12.3 Å². The molecule has 0 radical (unpaired) electrons. The molecule has 4 N–H and O–H groups in total. The molecular weight excluding hydrogens is 199 g/mol. The van der Waals surface area contributed by atoms with Gasteiger partial charge in [0.15, 0.2) is 11.6 Å². The molecule has 0 saturated heterocycles. The van der Waals surface area contributed by atoms with Crippen molar-refractivity contribution in [3.05, 3.63) is 23.6 Å². The van der Waals surface area contributed by atoms with Crippen molar-refractivity contribution in [2.45, 2.75) is 19.9 Å². The highest BCUT2D eigenvalue weighted by atomic mass is 19.1. The van der Waals surface area contributed by atoms with Gasteiger partial charge in [-0.1, -0.05) is 0 Å². The van der Waals surface area contributed by atoms with Crippen LogP contribution in [0.2, 0.25) is 0 Å². The summed E-state index contributed by atoms with van der Waals surface area (Å²) < 4.78 is 13.5. The molecule has 0 bridgehead atoms. The Kier molecular flexibility index (Phi) is 3.56. The van der Waals surface area contributed by atoms with Gasteiger partial charge in [-0.2, -0.15) is 0 Å². The highest BCUT2D eigenvalue weighted by Crippen LogP contribution is 2.13. The van der Waals surface area contributed by atoms with E-state index in [4.69, 9.17) is 5.84 Å². The highest BCUT2D eigenvalue weighted by Gasteiger charge is 2.15. The maximum Gasteiger partial charge on any atom is 0.254 e. The van der Waals surface area contributed by atoms with Gasteiger partial charge in [0.2, 0.25) is 0 Å². The molecule has 0 atom stereocenters. The molecule has 0 spiro atoms. The topological polar surface area (TPSA) is 80.0 Å². The van der Waals surface area contributed by atoms with Gasteiger partial charge in [0.1, 0.15) is 0 Å². The van der Waals surface area contributed by atoms with Crippen LogP contribution in [0.3, 0.4) is 0 Å². The van der Waals surface area contributed by atoms with Crippen LogP contribution in [0, 0.1) is 5.82 Å². The number of hydrazine groups is 1. The number of amides is 1. The quantitative estimate of drug-likeness (QED) is 0.507. The van der Waals surface area contributed by atoms with Crippen molar-refractivity contribution < 1.29 is 9.18 Å². The molecule has 0 aliphatic rings. The number of carbonyl (C=O) groups is 1. The van der Waals surface area contributed by atoms with Gasteiger partial charge in [0.25, 0.3) is 5.91 Å². The summed E-state index contributed by atoms with van der Waals surface area (Å²) >= 11 is 0. The van der Waals surface area contributed by atoms with Crippen molar-refractivity contribution in [3.8, 4) is 0 Å². The third-order valence-corrected chi connectivity index (χ3v) is 1.69. The molecule has 6 heteroatoms. The third kappa shape index (κ3) is 2.63. The lowest BCUT2D eigenvalue weighted by molar-refractivity contribution is 0.0939. The van der Waals surface area contributed by atoms with E-state index in [0.29, 0.717) is 0 Å². The van der Waals surface area contributed by atoms with Gasteiger partial charge < -0.3 is 10.7 Å². The van der Waals surface area contributed by atoms with Gasteiger partial charge in [-0.25, -0.2) is 15.2 Å². The number of hydrogen-bond donors (Lipinski definition) is 3. The van der Waals surface area contributed by atoms with Crippen LogP contribution in [0.25, 0.3) is 0 Å². The summed E-state index contributed by atoms with van der Waals surface area (Å²) in [5.41, 5.74) is 2.00. The van der Waals surface area contributed by atoms with Gasteiger partial charge >= 0.3 is 0 Å². The minimum absolute atomic E-state index is 0.0562. The van der Waals surface area contributed by atoms with E-state index in [2.05, 4.69) is 15.7 Å². The van der Waals surface area contributed by atoms with Crippen molar-refractivity contribution in [2.24, 2.45) is 5.84 Å². The number of pyridine rings is 1. The molecule has 1 rings (SSSR count). The fourth-order valence-corrected chi connectivity index (χ4v) is 1.06. The van der Waals surface area contributed by atoms with Crippen molar-refractivity contribution in [1.29, 1.82) is 0 Å². The molecule has 1 heterocycles. The molecule has 0 unspecified atom stereocenters. The summed E-state index contributed by atoms with van der Waals surface area (Å²) in [4.78, 5) is 15.1. The molecule has 0 fully saturated rings. The number of aromatic nitrogens is 1. The number of nitrogen functional groups attached to an aromatic ring is 1. The predicted molar refractivity (Wildman–Crippen MR) is 54.6 cm³/mol. The number of nitrogens with zero attached hydrogens (tertiary/aromatic N) is 1. The first kappa shape index (κ1) is 11.4. The largest absolute Gasteiger partial charge is 0.350 e. The lowest BCUT2D eigenvalue weighted by Gasteiger charge is -2.10. The summed E-state index contributed by atoms with van der Waals surface area (Å²) in [6, 6.07) is 1.24. The van der Waals surface area contributed by atoms with Crippen LogP contribution in [-0.2, 0) is 0 Å². The predicted octanol–water partition coefficient (Wildman–Crippen LogP) is 0.644. The number of rotatable bonds is 3. The second-order valence-electron chi connectivity index (χ2n) is 3.29. The summed E-state index contributed by atoms with van der Waals surface area (Å²) in [5, 5.41) is 2.58. The first-order valence-corrected chi connectivity index (χ1v) is 4.48.